The highest BCUT2D eigenvalue weighted by atomic mass is 16.4. The molecule has 0 aromatic heterocycles. The van der Waals surface area contributed by atoms with Gasteiger partial charge in [-0.3, -0.25) is 14.5 Å². The lowest BCUT2D eigenvalue weighted by atomic mass is 10.2. The molecule has 0 bridgehead atoms. The summed E-state index contributed by atoms with van der Waals surface area (Å²) in [5.74, 6) is -0.628. The van der Waals surface area contributed by atoms with E-state index in [4.69, 9.17) is 5.11 Å². The highest BCUT2D eigenvalue weighted by Gasteiger charge is 2.20. The molecule has 0 saturated carbocycles. The first kappa shape index (κ1) is 12.0. The first-order valence-electron chi connectivity index (χ1n) is 5.27. The zero-order chi connectivity index (χ0) is 11.3. The second-order valence-electron chi connectivity index (χ2n) is 3.97. The maximum Gasteiger partial charge on any atom is 0.303 e. The maximum atomic E-state index is 11.5. The Morgan fingerprint density at radius 2 is 2.07 bits per heavy atom. The Labute approximate surface area is 89.7 Å². The van der Waals surface area contributed by atoms with Crippen molar-refractivity contribution in [1.82, 2.24) is 9.80 Å². The fourth-order valence-corrected chi connectivity index (χ4v) is 1.48. The van der Waals surface area contributed by atoms with Crippen molar-refractivity contribution in [2.24, 2.45) is 0 Å². The molecule has 0 spiro atoms. The number of aliphatic carboxylic acids is 1. The number of likely N-dealkylation sites (N-methyl/N-ethyl adjacent to an activating group) is 1. The van der Waals surface area contributed by atoms with E-state index in [-0.39, 0.29) is 12.3 Å². The molecule has 0 aromatic rings. The highest BCUT2D eigenvalue weighted by Crippen LogP contribution is 2.06. The van der Waals surface area contributed by atoms with Crippen LogP contribution in [0.2, 0.25) is 0 Å². The molecule has 1 heterocycles. The number of rotatable bonds is 6. The van der Waals surface area contributed by atoms with Crippen molar-refractivity contribution in [3.63, 3.8) is 0 Å². The number of carboxylic acid groups (broad SMARTS) is 1. The van der Waals surface area contributed by atoms with Gasteiger partial charge in [-0.25, -0.2) is 0 Å². The Morgan fingerprint density at radius 3 is 2.53 bits per heavy atom. The molecule has 86 valence electrons. The van der Waals surface area contributed by atoms with Crippen LogP contribution in [0.25, 0.3) is 0 Å². The van der Waals surface area contributed by atoms with E-state index >= 15 is 0 Å². The third kappa shape index (κ3) is 4.29. The van der Waals surface area contributed by atoms with Crippen LogP contribution in [0.4, 0.5) is 0 Å². The monoisotopic (exact) mass is 214 g/mol. The van der Waals surface area contributed by atoms with Gasteiger partial charge in [0.2, 0.25) is 5.91 Å². The molecule has 1 aliphatic heterocycles. The van der Waals surface area contributed by atoms with Crippen LogP contribution in [0.1, 0.15) is 19.3 Å². The third-order valence-corrected chi connectivity index (χ3v) is 2.54. The van der Waals surface area contributed by atoms with E-state index in [1.165, 1.54) is 0 Å². The number of carboxylic acids is 1. The minimum absolute atomic E-state index is 0.152. The fraction of sp³-hybridized carbons (Fsp3) is 0.800. The molecule has 1 amide bonds. The van der Waals surface area contributed by atoms with Crippen LogP contribution in [0.3, 0.4) is 0 Å². The molecule has 1 saturated heterocycles. The van der Waals surface area contributed by atoms with Crippen molar-refractivity contribution in [3.8, 4) is 0 Å². The molecular weight excluding hydrogens is 196 g/mol. The fourth-order valence-electron chi connectivity index (χ4n) is 1.48. The lowest BCUT2D eigenvalue weighted by Crippen LogP contribution is -2.46. The predicted molar refractivity (Wildman–Crippen MR) is 55.6 cm³/mol. The molecule has 0 unspecified atom stereocenters. The molecule has 0 aliphatic carbocycles. The number of amides is 1. The zero-order valence-electron chi connectivity index (χ0n) is 9.11. The van der Waals surface area contributed by atoms with Crippen LogP contribution >= 0.6 is 0 Å². The Hall–Kier alpha value is -1.10. The van der Waals surface area contributed by atoms with Crippen LogP contribution in [-0.4, -0.2) is 60.0 Å². The summed E-state index contributed by atoms with van der Waals surface area (Å²) in [5, 5.41) is 8.45. The Kier molecular flexibility index (Phi) is 4.55. The summed E-state index contributed by atoms with van der Waals surface area (Å²) < 4.78 is 0. The van der Waals surface area contributed by atoms with Crippen LogP contribution in [0.5, 0.6) is 0 Å². The van der Waals surface area contributed by atoms with Gasteiger partial charge in [-0.05, 0) is 26.4 Å². The van der Waals surface area contributed by atoms with Crippen molar-refractivity contribution >= 4 is 11.9 Å². The van der Waals surface area contributed by atoms with Gasteiger partial charge >= 0.3 is 5.97 Å². The second-order valence-corrected chi connectivity index (χ2v) is 3.97. The average Bonchev–Trinajstić information content (AvgIpc) is 1.98. The minimum Gasteiger partial charge on any atom is -0.481 e. The normalized spacial score (nSPS) is 15.2. The van der Waals surface area contributed by atoms with Crippen LogP contribution in [0, 0.1) is 0 Å². The summed E-state index contributed by atoms with van der Waals surface area (Å²) in [6, 6.07) is 0. The number of carbonyl (C=O) groups is 2. The van der Waals surface area contributed by atoms with E-state index in [1.807, 2.05) is 16.8 Å². The molecule has 1 aliphatic rings. The van der Waals surface area contributed by atoms with Gasteiger partial charge in [-0.2, -0.15) is 0 Å². The summed E-state index contributed by atoms with van der Waals surface area (Å²) in [6.45, 7) is 2.81. The molecule has 0 radical (unpaired) electrons. The van der Waals surface area contributed by atoms with Gasteiger partial charge in [-0.15, -0.1) is 0 Å². The molecule has 0 atom stereocenters. The largest absolute Gasteiger partial charge is 0.481 e. The summed E-state index contributed by atoms with van der Waals surface area (Å²) in [7, 11) is 1.85. The summed E-state index contributed by atoms with van der Waals surface area (Å²) in [5.41, 5.74) is 0. The SMILES string of the molecule is CN(CCCC(=O)O)CC(=O)N1CCC1. The van der Waals surface area contributed by atoms with Crippen molar-refractivity contribution in [3.05, 3.63) is 0 Å². The second kappa shape index (κ2) is 5.70. The van der Waals surface area contributed by atoms with E-state index in [1.54, 1.807) is 0 Å². The van der Waals surface area contributed by atoms with Gasteiger partial charge in [0.25, 0.3) is 0 Å². The van der Waals surface area contributed by atoms with Crippen molar-refractivity contribution in [1.29, 1.82) is 0 Å². The van der Waals surface area contributed by atoms with Gasteiger partial charge < -0.3 is 10.0 Å². The van der Waals surface area contributed by atoms with E-state index in [9.17, 15) is 9.59 Å². The molecule has 15 heavy (non-hydrogen) atoms. The van der Waals surface area contributed by atoms with Crippen LogP contribution in [0.15, 0.2) is 0 Å². The third-order valence-electron chi connectivity index (χ3n) is 2.54. The summed E-state index contributed by atoms with van der Waals surface area (Å²) in [6.07, 6.45) is 1.87. The molecular formula is C10H18N2O3. The van der Waals surface area contributed by atoms with E-state index in [2.05, 4.69) is 0 Å². The summed E-state index contributed by atoms with van der Waals surface area (Å²) in [4.78, 5) is 25.5. The van der Waals surface area contributed by atoms with Crippen LogP contribution < -0.4 is 0 Å². The zero-order valence-corrected chi connectivity index (χ0v) is 9.11. The molecule has 0 aromatic carbocycles. The van der Waals surface area contributed by atoms with Gasteiger partial charge in [-0.1, -0.05) is 0 Å². The molecule has 1 rings (SSSR count). The molecule has 5 nitrogen and oxygen atoms in total. The Balaban J connectivity index is 2.09. The van der Waals surface area contributed by atoms with Gasteiger partial charge in [0.15, 0.2) is 0 Å². The van der Waals surface area contributed by atoms with E-state index in [0.29, 0.717) is 19.5 Å². The molecule has 1 fully saturated rings. The van der Waals surface area contributed by atoms with Crippen molar-refractivity contribution in [2.75, 3.05) is 33.2 Å². The first-order valence-corrected chi connectivity index (χ1v) is 5.27. The van der Waals surface area contributed by atoms with Gasteiger partial charge in [0, 0.05) is 19.5 Å². The van der Waals surface area contributed by atoms with E-state index < -0.39 is 5.97 Å². The number of carbonyl (C=O) groups excluding carboxylic acids is 1. The van der Waals surface area contributed by atoms with Gasteiger partial charge in [0.1, 0.15) is 0 Å². The molecule has 1 N–H and O–H groups in total. The van der Waals surface area contributed by atoms with Crippen LogP contribution in [-0.2, 0) is 9.59 Å². The Morgan fingerprint density at radius 1 is 1.40 bits per heavy atom. The van der Waals surface area contributed by atoms with Crippen molar-refractivity contribution < 1.29 is 14.7 Å². The highest BCUT2D eigenvalue weighted by molar-refractivity contribution is 5.78. The van der Waals surface area contributed by atoms with Crippen molar-refractivity contribution in [2.45, 2.75) is 19.3 Å². The number of hydrogen-bond acceptors (Lipinski definition) is 3. The Bertz CT molecular complexity index is 239. The lowest BCUT2D eigenvalue weighted by Gasteiger charge is -2.32. The smallest absolute Gasteiger partial charge is 0.303 e. The number of nitrogens with zero attached hydrogens (tertiary/aromatic N) is 2. The van der Waals surface area contributed by atoms with E-state index in [0.717, 1.165) is 19.5 Å². The standard InChI is InChI=1S/C10H18N2O3/c1-11(5-2-4-10(14)15)8-9(13)12-6-3-7-12/h2-8H2,1H3,(H,14,15). The summed E-state index contributed by atoms with van der Waals surface area (Å²) >= 11 is 0. The number of likely N-dealkylation sites (tertiary alicyclic amines) is 1. The first-order chi connectivity index (χ1) is 7.09. The maximum absolute atomic E-state index is 11.5. The predicted octanol–water partition coefficient (Wildman–Crippen LogP) is 0.0153. The molecule has 5 heteroatoms. The average molecular weight is 214 g/mol. The minimum atomic E-state index is -0.780. The topological polar surface area (TPSA) is 60.9 Å². The van der Waals surface area contributed by atoms with Gasteiger partial charge in [0.05, 0.1) is 6.54 Å². The lowest BCUT2D eigenvalue weighted by molar-refractivity contribution is -0.137. The quantitative estimate of drug-likeness (QED) is 0.677. The number of hydrogen-bond donors (Lipinski definition) is 1.